The summed E-state index contributed by atoms with van der Waals surface area (Å²) in [5.41, 5.74) is 0.757. The minimum absolute atomic E-state index is 0.152. The lowest BCUT2D eigenvalue weighted by Crippen LogP contribution is -2.37. The van der Waals surface area contributed by atoms with Crippen molar-refractivity contribution in [2.45, 2.75) is 25.3 Å². The van der Waals surface area contributed by atoms with E-state index in [2.05, 4.69) is 9.88 Å². The second-order valence-corrected chi connectivity index (χ2v) is 5.17. The number of carbonyl (C=O) groups is 1. The van der Waals surface area contributed by atoms with Gasteiger partial charge in [-0.25, -0.2) is 0 Å². The number of pyridine rings is 1. The summed E-state index contributed by atoms with van der Waals surface area (Å²) >= 11 is 0. The molecule has 4 nitrogen and oxygen atoms in total. The maximum absolute atomic E-state index is 12.3. The van der Waals surface area contributed by atoms with Crippen molar-refractivity contribution in [3.05, 3.63) is 30.1 Å². The number of hydrogen-bond donors (Lipinski definition) is 0. The Balaban J connectivity index is 1.63. The van der Waals surface area contributed by atoms with Crippen LogP contribution in [0, 0.1) is 0 Å². The van der Waals surface area contributed by atoms with Crippen LogP contribution < -0.4 is 0 Å². The van der Waals surface area contributed by atoms with Gasteiger partial charge in [0.05, 0.1) is 0 Å². The van der Waals surface area contributed by atoms with Gasteiger partial charge in [-0.15, -0.1) is 0 Å². The summed E-state index contributed by atoms with van der Waals surface area (Å²) in [6.45, 7) is 4.20. The first kappa shape index (κ1) is 11.7. The lowest BCUT2D eigenvalue weighted by molar-refractivity contribution is 0.0780. The minimum atomic E-state index is 0.152. The van der Waals surface area contributed by atoms with Gasteiger partial charge < -0.3 is 4.90 Å². The van der Waals surface area contributed by atoms with E-state index in [1.165, 1.54) is 25.9 Å². The van der Waals surface area contributed by atoms with E-state index in [0.717, 1.165) is 25.1 Å². The minimum Gasteiger partial charge on any atom is -0.337 e. The van der Waals surface area contributed by atoms with Crippen molar-refractivity contribution >= 4 is 5.91 Å². The Morgan fingerprint density at radius 3 is 2.61 bits per heavy atom. The van der Waals surface area contributed by atoms with Gasteiger partial charge in [-0.1, -0.05) is 0 Å². The van der Waals surface area contributed by atoms with Crippen molar-refractivity contribution in [2.75, 3.05) is 26.2 Å². The molecule has 0 aromatic carbocycles. The van der Waals surface area contributed by atoms with Crippen LogP contribution in [0.2, 0.25) is 0 Å². The first-order valence-corrected chi connectivity index (χ1v) is 6.78. The molecule has 2 saturated heterocycles. The molecule has 0 spiro atoms. The molecule has 3 rings (SSSR count). The van der Waals surface area contributed by atoms with Crippen LogP contribution in [0.1, 0.15) is 29.6 Å². The van der Waals surface area contributed by atoms with Gasteiger partial charge >= 0.3 is 0 Å². The van der Waals surface area contributed by atoms with Crippen LogP contribution in [0.25, 0.3) is 0 Å². The fourth-order valence-corrected chi connectivity index (χ4v) is 3.01. The summed E-state index contributed by atoms with van der Waals surface area (Å²) in [7, 11) is 0. The van der Waals surface area contributed by atoms with Gasteiger partial charge in [-0.05, 0) is 44.5 Å². The first-order valence-electron chi connectivity index (χ1n) is 6.78. The fourth-order valence-electron chi connectivity index (χ4n) is 3.01. The first-order chi connectivity index (χ1) is 8.84. The van der Waals surface area contributed by atoms with Crippen LogP contribution in [0.3, 0.4) is 0 Å². The van der Waals surface area contributed by atoms with Crippen LogP contribution in [0.4, 0.5) is 0 Å². The topological polar surface area (TPSA) is 36.4 Å². The molecular formula is C14H19N3O. The van der Waals surface area contributed by atoms with Crippen LogP contribution in [-0.2, 0) is 0 Å². The lowest BCUT2D eigenvalue weighted by atomic mass is 10.2. The van der Waals surface area contributed by atoms with Crippen molar-refractivity contribution in [3.63, 3.8) is 0 Å². The molecule has 1 unspecified atom stereocenters. The molecule has 1 atom stereocenters. The third kappa shape index (κ3) is 2.25. The Labute approximate surface area is 108 Å². The van der Waals surface area contributed by atoms with E-state index in [-0.39, 0.29) is 5.91 Å². The molecule has 1 amide bonds. The van der Waals surface area contributed by atoms with E-state index in [0.29, 0.717) is 6.04 Å². The maximum Gasteiger partial charge on any atom is 0.254 e. The summed E-state index contributed by atoms with van der Waals surface area (Å²) in [4.78, 5) is 20.8. The molecule has 4 heteroatoms. The predicted molar refractivity (Wildman–Crippen MR) is 69.4 cm³/mol. The molecule has 0 aliphatic carbocycles. The van der Waals surface area contributed by atoms with E-state index < -0.39 is 0 Å². The third-order valence-corrected chi connectivity index (χ3v) is 4.03. The monoisotopic (exact) mass is 245 g/mol. The molecule has 0 radical (unpaired) electrons. The SMILES string of the molecule is O=C(c1ccncc1)N1CCC(N2CCCC2)C1. The van der Waals surface area contributed by atoms with Crippen molar-refractivity contribution in [3.8, 4) is 0 Å². The summed E-state index contributed by atoms with van der Waals surface area (Å²) < 4.78 is 0. The molecule has 1 aromatic heterocycles. The second-order valence-electron chi connectivity index (χ2n) is 5.17. The molecule has 0 saturated carbocycles. The fraction of sp³-hybridized carbons (Fsp3) is 0.571. The second kappa shape index (κ2) is 5.06. The van der Waals surface area contributed by atoms with Gasteiger partial charge in [0.15, 0.2) is 0 Å². The summed E-state index contributed by atoms with van der Waals surface area (Å²) in [5, 5.41) is 0. The molecule has 1 aromatic rings. The summed E-state index contributed by atoms with van der Waals surface area (Å²) in [5.74, 6) is 0.152. The average Bonchev–Trinajstić information content (AvgIpc) is 3.09. The molecule has 96 valence electrons. The highest BCUT2D eigenvalue weighted by molar-refractivity contribution is 5.94. The standard InChI is InChI=1S/C14H19N3O/c18-14(12-3-6-15-7-4-12)17-10-5-13(11-17)16-8-1-2-9-16/h3-4,6-7,13H,1-2,5,8-11H2. The molecule has 2 fully saturated rings. The Kier molecular flexibility index (Phi) is 3.28. The smallest absolute Gasteiger partial charge is 0.254 e. The van der Waals surface area contributed by atoms with E-state index in [4.69, 9.17) is 0 Å². The number of carbonyl (C=O) groups excluding carboxylic acids is 1. The quantitative estimate of drug-likeness (QED) is 0.790. The average molecular weight is 245 g/mol. The van der Waals surface area contributed by atoms with Gasteiger partial charge in [0.1, 0.15) is 0 Å². The maximum atomic E-state index is 12.3. The number of aromatic nitrogens is 1. The van der Waals surface area contributed by atoms with E-state index in [1.54, 1.807) is 24.5 Å². The zero-order valence-corrected chi connectivity index (χ0v) is 10.6. The largest absolute Gasteiger partial charge is 0.337 e. The van der Waals surface area contributed by atoms with Gasteiger partial charge in [-0.2, -0.15) is 0 Å². The van der Waals surface area contributed by atoms with Crippen molar-refractivity contribution in [1.82, 2.24) is 14.8 Å². The van der Waals surface area contributed by atoms with E-state index >= 15 is 0 Å². The molecule has 3 heterocycles. The van der Waals surface area contributed by atoms with Gasteiger partial charge in [-0.3, -0.25) is 14.7 Å². The van der Waals surface area contributed by atoms with E-state index in [1.807, 2.05) is 4.90 Å². The van der Waals surface area contributed by atoms with Crippen LogP contribution in [0.15, 0.2) is 24.5 Å². The van der Waals surface area contributed by atoms with Crippen LogP contribution >= 0.6 is 0 Å². The molecule has 18 heavy (non-hydrogen) atoms. The third-order valence-electron chi connectivity index (χ3n) is 4.03. The molecule has 0 bridgehead atoms. The highest BCUT2D eigenvalue weighted by Gasteiger charge is 2.31. The molecule has 2 aliphatic heterocycles. The number of likely N-dealkylation sites (tertiary alicyclic amines) is 2. The van der Waals surface area contributed by atoms with Gasteiger partial charge in [0, 0.05) is 37.1 Å². The van der Waals surface area contributed by atoms with Gasteiger partial charge in [0.25, 0.3) is 5.91 Å². The highest BCUT2D eigenvalue weighted by atomic mass is 16.2. The molecule has 2 aliphatic rings. The molecule has 0 N–H and O–H groups in total. The van der Waals surface area contributed by atoms with Crippen molar-refractivity contribution in [1.29, 1.82) is 0 Å². The Morgan fingerprint density at radius 2 is 1.89 bits per heavy atom. The van der Waals surface area contributed by atoms with Crippen LogP contribution in [-0.4, -0.2) is 52.9 Å². The van der Waals surface area contributed by atoms with E-state index in [9.17, 15) is 4.79 Å². The zero-order valence-electron chi connectivity index (χ0n) is 10.6. The summed E-state index contributed by atoms with van der Waals surface area (Å²) in [6, 6.07) is 4.18. The highest BCUT2D eigenvalue weighted by Crippen LogP contribution is 2.21. The molecular weight excluding hydrogens is 226 g/mol. The number of rotatable bonds is 2. The summed E-state index contributed by atoms with van der Waals surface area (Å²) in [6.07, 6.45) is 7.11. The normalized spacial score (nSPS) is 24.7. The number of amides is 1. The van der Waals surface area contributed by atoms with Gasteiger partial charge in [0.2, 0.25) is 0 Å². The number of nitrogens with zero attached hydrogens (tertiary/aromatic N) is 3. The Bertz CT molecular complexity index is 414. The van der Waals surface area contributed by atoms with Crippen LogP contribution in [0.5, 0.6) is 0 Å². The Hall–Kier alpha value is -1.42. The lowest BCUT2D eigenvalue weighted by Gasteiger charge is -2.23. The zero-order chi connectivity index (χ0) is 12.4. The predicted octanol–water partition coefficient (Wildman–Crippen LogP) is 1.39. The number of hydrogen-bond acceptors (Lipinski definition) is 3. The van der Waals surface area contributed by atoms with Crippen molar-refractivity contribution < 1.29 is 4.79 Å². The van der Waals surface area contributed by atoms with Crippen molar-refractivity contribution in [2.24, 2.45) is 0 Å². The Morgan fingerprint density at radius 1 is 1.17 bits per heavy atom.